The Morgan fingerprint density at radius 1 is 1.20 bits per heavy atom. The van der Waals surface area contributed by atoms with Gasteiger partial charge in [0.1, 0.15) is 0 Å². The predicted octanol–water partition coefficient (Wildman–Crippen LogP) is 4.82. The van der Waals surface area contributed by atoms with Gasteiger partial charge in [-0.1, -0.05) is 52.4 Å². The Morgan fingerprint density at radius 2 is 2.00 bits per heavy atom. The van der Waals surface area contributed by atoms with Crippen LogP contribution in [0.2, 0.25) is 0 Å². The van der Waals surface area contributed by atoms with E-state index in [9.17, 15) is 0 Å². The fourth-order valence-electron chi connectivity index (χ4n) is 1.81. The van der Waals surface area contributed by atoms with Crippen LogP contribution in [0.25, 0.3) is 6.08 Å². The van der Waals surface area contributed by atoms with Gasteiger partial charge in [0, 0.05) is 4.47 Å². The molecular weight excluding hydrogens is 248 g/mol. The van der Waals surface area contributed by atoms with Gasteiger partial charge in [0.15, 0.2) is 0 Å². The van der Waals surface area contributed by atoms with Crippen molar-refractivity contribution in [2.45, 2.75) is 19.3 Å². The first-order valence-corrected chi connectivity index (χ1v) is 6.24. The first-order valence-electron chi connectivity index (χ1n) is 5.45. The average Bonchev–Trinajstić information content (AvgIpc) is 2.30. The molecule has 0 spiro atoms. The molecule has 0 heterocycles. The number of hydrogen-bond donors (Lipinski definition) is 0. The third kappa shape index (κ3) is 3.35. The first kappa shape index (κ1) is 10.7. The zero-order chi connectivity index (χ0) is 10.5. The van der Waals surface area contributed by atoms with E-state index >= 15 is 0 Å². The van der Waals surface area contributed by atoms with Gasteiger partial charge < -0.3 is 0 Å². The van der Waals surface area contributed by atoms with E-state index in [0.29, 0.717) is 5.92 Å². The van der Waals surface area contributed by atoms with Gasteiger partial charge in [0.05, 0.1) is 0 Å². The second-order valence-corrected chi connectivity index (χ2v) is 4.85. The van der Waals surface area contributed by atoms with Gasteiger partial charge in [-0.2, -0.15) is 0 Å². The number of hydrogen-bond acceptors (Lipinski definition) is 0. The molecule has 0 nitrogen and oxygen atoms in total. The molecule has 78 valence electrons. The fraction of sp³-hybridized carbons (Fsp3) is 0.286. The van der Waals surface area contributed by atoms with Gasteiger partial charge in [-0.05, 0) is 42.9 Å². The van der Waals surface area contributed by atoms with Gasteiger partial charge in [-0.25, -0.2) is 0 Å². The van der Waals surface area contributed by atoms with Gasteiger partial charge in [0.2, 0.25) is 0 Å². The quantitative estimate of drug-likeness (QED) is 0.671. The molecule has 0 unspecified atom stereocenters. The van der Waals surface area contributed by atoms with E-state index in [-0.39, 0.29) is 0 Å². The van der Waals surface area contributed by atoms with Crippen LogP contribution in [0.1, 0.15) is 24.8 Å². The standard InChI is InChI=1S/C14H15Br/c15-14-10-8-13(9-11-14)7-6-12-4-2-1-3-5-12/h2,4,6-12H,1,3,5H2/b7-6+/t12-/m0/s1. The normalized spacial score (nSPS) is 21.0. The summed E-state index contributed by atoms with van der Waals surface area (Å²) in [5.41, 5.74) is 1.28. The molecule has 0 bridgehead atoms. The van der Waals surface area contributed by atoms with Crippen molar-refractivity contribution in [1.82, 2.24) is 0 Å². The van der Waals surface area contributed by atoms with E-state index in [1.807, 2.05) is 0 Å². The van der Waals surface area contributed by atoms with E-state index in [0.717, 1.165) is 4.47 Å². The van der Waals surface area contributed by atoms with Crippen LogP contribution in [0.3, 0.4) is 0 Å². The summed E-state index contributed by atoms with van der Waals surface area (Å²) in [6, 6.07) is 8.42. The molecule has 1 heteroatoms. The van der Waals surface area contributed by atoms with E-state index < -0.39 is 0 Å². The zero-order valence-corrected chi connectivity index (χ0v) is 10.3. The highest BCUT2D eigenvalue weighted by Gasteiger charge is 2.03. The molecule has 2 rings (SSSR count). The lowest BCUT2D eigenvalue weighted by molar-refractivity contribution is 0.632. The van der Waals surface area contributed by atoms with Crippen LogP contribution in [-0.2, 0) is 0 Å². The molecule has 0 amide bonds. The molecule has 1 aromatic carbocycles. The average molecular weight is 263 g/mol. The van der Waals surface area contributed by atoms with Gasteiger partial charge in [-0.3, -0.25) is 0 Å². The van der Waals surface area contributed by atoms with Gasteiger partial charge in [-0.15, -0.1) is 0 Å². The maximum absolute atomic E-state index is 3.44. The SMILES string of the molecule is Brc1ccc(/C=C/[C@H]2C=CCCC2)cc1. The monoisotopic (exact) mass is 262 g/mol. The van der Waals surface area contributed by atoms with Gasteiger partial charge >= 0.3 is 0 Å². The van der Waals surface area contributed by atoms with Crippen molar-refractivity contribution in [3.63, 3.8) is 0 Å². The smallest absolute Gasteiger partial charge is 0.0175 e. The molecule has 15 heavy (non-hydrogen) atoms. The van der Waals surface area contributed by atoms with Crippen molar-refractivity contribution >= 4 is 22.0 Å². The number of rotatable bonds is 2. The Labute approximate surface area is 99.8 Å². The molecule has 0 fully saturated rings. The van der Waals surface area contributed by atoms with Crippen LogP contribution in [0.15, 0.2) is 47.0 Å². The maximum Gasteiger partial charge on any atom is 0.0175 e. The summed E-state index contributed by atoms with van der Waals surface area (Å²) in [7, 11) is 0. The highest BCUT2D eigenvalue weighted by molar-refractivity contribution is 9.10. The third-order valence-electron chi connectivity index (χ3n) is 2.70. The number of halogens is 1. The number of benzene rings is 1. The summed E-state index contributed by atoms with van der Waals surface area (Å²) in [6.45, 7) is 0. The summed E-state index contributed by atoms with van der Waals surface area (Å²) in [5.74, 6) is 0.641. The Morgan fingerprint density at radius 3 is 2.67 bits per heavy atom. The van der Waals surface area contributed by atoms with Crippen LogP contribution >= 0.6 is 15.9 Å². The second-order valence-electron chi connectivity index (χ2n) is 3.93. The van der Waals surface area contributed by atoms with E-state index in [1.54, 1.807) is 0 Å². The minimum Gasteiger partial charge on any atom is -0.0879 e. The van der Waals surface area contributed by atoms with Crippen LogP contribution < -0.4 is 0 Å². The van der Waals surface area contributed by atoms with Crippen molar-refractivity contribution in [3.05, 3.63) is 52.5 Å². The summed E-state index contributed by atoms with van der Waals surface area (Å²) in [4.78, 5) is 0. The van der Waals surface area contributed by atoms with E-state index in [4.69, 9.17) is 0 Å². The van der Waals surface area contributed by atoms with Crippen molar-refractivity contribution in [3.8, 4) is 0 Å². The summed E-state index contributed by atoms with van der Waals surface area (Å²) < 4.78 is 1.14. The highest BCUT2D eigenvalue weighted by atomic mass is 79.9. The molecule has 0 saturated carbocycles. The zero-order valence-electron chi connectivity index (χ0n) is 8.70. The van der Waals surface area contributed by atoms with Crippen molar-refractivity contribution in [1.29, 1.82) is 0 Å². The van der Waals surface area contributed by atoms with Crippen LogP contribution in [0.5, 0.6) is 0 Å². The van der Waals surface area contributed by atoms with Crippen molar-refractivity contribution in [2.75, 3.05) is 0 Å². The molecule has 1 aromatic rings. The van der Waals surface area contributed by atoms with E-state index in [1.165, 1.54) is 24.8 Å². The maximum atomic E-state index is 3.44. The molecule has 0 N–H and O–H groups in total. The third-order valence-corrected chi connectivity index (χ3v) is 3.23. The first-order chi connectivity index (χ1) is 7.34. The number of allylic oxidation sites excluding steroid dienone is 3. The Kier molecular flexibility index (Phi) is 3.79. The highest BCUT2D eigenvalue weighted by Crippen LogP contribution is 2.19. The largest absolute Gasteiger partial charge is 0.0879 e. The summed E-state index contributed by atoms with van der Waals surface area (Å²) >= 11 is 3.44. The Balaban J connectivity index is 2.01. The molecule has 0 aromatic heterocycles. The molecule has 1 aliphatic carbocycles. The lowest BCUT2D eigenvalue weighted by Crippen LogP contribution is -1.95. The molecule has 1 atom stereocenters. The molecule has 1 aliphatic rings. The minimum atomic E-state index is 0.641. The van der Waals surface area contributed by atoms with Crippen molar-refractivity contribution in [2.24, 2.45) is 5.92 Å². The molecule has 0 saturated heterocycles. The summed E-state index contributed by atoms with van der Waals surface area (Å²) in [5, 5.41) is 0. The van der Waals surface area contributed by atoms with Crippen molar-refractivity contribution < 1.29 is 0 Å². The molecule has 0 radical (unpaired) electrons. The van der Waals surface area contributed by atoms with Crippen LogP contribution in [0, 0.1) is 5.92 Å². The fourth-order valence-corrected chi connectivity index (χ4v) is 2.07. The predicted molar refractivity (Wildman–Crippen MR) is 69.7 cm³/mol. The lowest BCUT2D eigenvalue weighted by atomic mass is 9.95. The topological polar surface area (TPSA) is 0 Å². The lowest BCUT2D eigenvalue weighted by Gasteiger charge is -2.11. The van der Waals surface area contributed by atoms with Crippen LogP contribution in [0.4, 0.5) is 0 Å². The summed E-state index contributed by atoms with van der Waals surface area (Å²) in [6.07, 6.45) is 13.0. The Hall–Kier alpha value is -0.820. The second kappa shape index (κ2) is 5.32. The van der Waals surface area contributed by atoms with Crippen LogP contribution in [-0.4, -0.2) is 0 Å². The van der Waals surface area contributed by atoms with Gasteiger partial charge in [0.25, 0.3) is 0 Å². The Bertz CT molecular complexity index is 359. The minimum absolute atomic E-state index is 0.641. The molecule has 0 aliphatic heterocycles. The molecular formula is C14H15Br. The van der Waals surface area contributed by atoms with E-state index in [2.05, 4.69) is 64.5 Å².